The lowest BCUT2D eigenvalue weighted by Crippen LogP contribution is -2.47. The first-order valence-corrected chi connectivity index (χ1v) is 9.30. The van der Waals surface area contributed by atoms with Crippen LogP contribution in [0.4, 0.5) is 10.1 Å². The van der Waals surface area contributed by atoms with E-state index in [1.807, 2.05) is 6.92 Å². The Bertz CT molecular complexity index is 723. The zero-order chi connectivity index (χ0) is 20.7. The van der Waals surface area contributed by atoms with Gasteiger partial charge in [0.2, 0.25) is 18.2 Å². The fourth-order valence-corrected chi connectivity index (χ4v) is 3.27. The molecule has 2 N–H and O–H groups in total. The first-order valence-electron chi connectivity index (χ1n) is 9.30. The molecule has 0 radical (unpaired) electrons. The molecule has 7 nitrogen and oxygen atoms in total. The fraction of sp³-hybridized carbons (Fsp3) is 0.450. The highest BCUT2D eigenvalue weighted by Crippen LogP contribution is 2.26. The molecular weight excluding hydrogens is 365 g/mol. The number of anilines is 1. The third kappa shape index (κ3) is 5.63. The summed E-state index contributed by atoms with van der Waals surface area (Å²) in [6.45, 7) is 6.00. The van der Waals surface area contributed by atoms with E-state index in [9.17, 15) is 24.0 Å². The van der Waals surface area contributed by atoms with Crippen molar-refractivity contribution in [1.82, 2.24) is 9.96 Å². The Labute approximate surface area is 163 Å². The number of likely N-dealkylation sites (tertiary alicyclic amines) is 1. The van der Waals surface area contributed by atoms with Crippen LogP contribution in [0, 0.1) is 11.7 Å². The Morgan fingerprint density at radius 1 is 1.43 bits per heavy atom. The molecule has 152 valence electrons. The van der Waals surface area contributed by atoms with E-state index in [2.05, 4.69) is 11.9 Å². The van der Waals surface area contributed by atoms with E-state index in [-0.39, 0.29) is 31.3 Å². The summed E-state index contributed by atoms with van der Waals surface area (Å²) in [4.78, 5) is 38.0. The van der Waals surface area contributed by atoms with Crippen molar-refractivity contribution >= 4 is 23.9 Å². The molecule has 2 atom stereocenters. The number of nitrogens with one attached hydrogen (secondary N) is 1. The summed E-state index contributed by atoms with van der Waals surface area (Å²) in [5.74, 6) is -1.70. The molecule has 1 saturated heterocycles. The number of unbranched alkanes of at least 4 members (excludes halogenated alkanes) is 1. The molecule has 0 spiro atoms. The first kappa shape index (κ1) is 21.6. The van der Waals surface area contributed by atoms with E-state index in [4.69, 9.17) is 0 Å². The van der Waals surface area contributed by atoms with Gasteiger partial charge in [0.15, 0.2) is 0 Å². The highest BCUT2D eigenvalue weighted by atomic mass is 19.1. The predicted molar refractivity (Wildman–Crippen MR) is 102 cm³/mol. The van der Waals surface area contributed by atoms with Crippen molar-refractivity contribution in [2.75, 3.05) is 18.4 Å². The largest absolute Gasteiger partial charge is 0.326 e. The molecular formula is C20H26FN3O4. The zero-order valence-corrected chi connectivity index (χ0v) is 15.9. The lowest BCUT2D eigenvalue weighted by atomic mass is 9.99. The third-order valence-electron chi connectivity index (χ3n) is 4.73. The highest BCUT2D eigenvalue weighted by molar-refractivity contribution is 5.98. The number of carbonyl (C=O) groups excluding carboxylic acids is 3. The van der Waals surface area contributed by atoms with Gasteiger partial charge in [0, 0.05) is 12.2 Å². The molecule has 1 aromatic rings. The molecule has 0 aromatic heterocycles. The molecule has 2 rings (SSSR count). The first-order chi connectivity index (χ1) is 13.3. The van der Waals surface area contributed by atoms with Crippen LogP contribution in [0.3, 0.4) is 0 Å². The second-order valence-electron chi connectivity index (χ2n) is 7.00. The Kier molecular flexibility index (Phi) is 7.69. The van der Waals surface area contributed by atoms with Crippen LogP contribution in [-0.2, 0) is 14.4 Å². The zero-order valence-electron chi connectivity index (χ0n) is 15.9. The van der Waals surface area contributed by atoms with Gasteiger partial charge in [-0.3, -0.25) is 19.6 Å². The number of hydrogen-bond donors (Lipinski definition) is 2. The van der Waals surface area contributed by atoms with Crippen LogP contribution < -0.4 is 5.32 Å². The Hall–Kier alpha value is -2.74. The molecule has 1 heterocycles. The molecule has 0 bridgehead atoms. The Morgan fingerprint density at radius 2 is 2.11 bits per heavy atom. The van der Waals surface area contributed by atoms with E-state index < -0.39 is 17.8 Å². The molecule has 1 aromatic carbocycles. The average Bonchev–Trinajstić information content (AvgIpc) is 3.08. The number of rotatable bonds is 9. The maximum atomic E-state index is 13.1. The van der Waals surface area contributed by atoms with E-state index in [0.29, 0.717) is 23.6 Å². The lowest BCUT2D eigenvalue weighted by Gasteiger charge is -2.29. The van der Waals surface area contributed by atoms with Gasteiger partial charge in [-0.05, 0) is 37.1 Å². The molecule has 0 saturated carbocycles. The lowest BCUT2D eigenvalue weighted by molar-refractivity contribution is -0.157. The predicted octanol–water partition coefficient (Wildman–Crippen LogP) is 2.58. The molecule has 1 aliphatic rings. The van der Waals surface area contributed by atoms with Crippen LogP contribution in [0.25, 0.3) is 0 Å². The van der Waals surface area contributed by atoms with Crippen molar-refractivity contribution < 1.29 is 24.0 Å². The molecule has 1 fully saturated rings. The number of hydrogen-bond acceptors (Lipinski definition) is 4. The summed E-state index contributed by atoms with van der Waals surface area (Å²) in [6, 6.07) is 4.63. The molecule has 3 amide bonds. The van der Waals surface area contributed by atoms with Crippen molar-refractivity contribution in [2.24, 2.45) is 5.92 Å². The third-order valence-corrected chi connectivity index (χ3v) is 4.73. The van der Waals surface area contributed by atoms with Crippen LogP contribution in [0.15, 0.2) is 36.4 Å². The van der Waals surface area contributed by atoms with Gasteiger partial charge in [-0.1, -0.05) is 31.9 Å². The topological polar surface area (TPSA) is 90.0 Å². The van der Waals surface area contributed by atoms with Crippen molar-refractivity contribution in [3.8, 4) is 0 Å². The van der Waals surface area contributed by atoms with Crippen molar-refractivity contribution in [3.05, 3.63) is 42.2 Å². The van der Waals surface area contributed by atoms with Crippen molar-refractivity contribution in [2.45, 2.75) is 38.6 Å². The molecule has 0 aliphatic carbocycles. The summed E-state index contributed by atoms with van der Waals surface area (Å²) in [6.07, 6.45) is 2.70. The number of benzene rings is 1. The minimum absolute atomic E-state index is 0.127. The average molecular weight is 391 g/mol. The van der Waals surface area contributed by atoms with Gasteiger partial charge in [-0.2, -0.15) is 0 Å². The van der Waals surface area contributed by atoms with Gasteiger partial charge in [0.25, 0.3) is 0 Å². The summed E-state index contributed by atoms with van der Waals surface area (Å²) in [5.41, 5.74) is 1.18. The monoisotopic (exact) mass is 391 g/mol. The van der Waals surface area contributed by atoms with E-state index in [0.717, 1.165) is 18.4 Å². The van der Waals surface area contributed by atoms with Crippen molar-refractivity contribution in [3.63, 3.8) is 0 Å². The molecule has 0 unspecified atom stereocenters. The van der Waals surface area contributed by atoms with Gasteiger partial charge in [-0.15, -0.1) is 0 Å². The second kappa shape index (κ2) is 9.98. The minimum atomic E-state index is -0.738. The van der Waals surface area contributed by atoms with Crippen LogP contribution in [0.2, 0.25) is 0 Å². The molecule has 1 aliphatic heterocycles. The Balaban J connectivity index is 2.13. The van der Waals surface area contributed by atoms with Gasteiger partial charge in [0.1, 0.15) is 11.9 Å². The SMILES string of the molecule is C=C1C[C@@H](C(=O)Nc2ccc(F)cc2)N(C(=O)[C@H](CCCC)CN(O)C=O)C1. The van der Waals surface area contributed by atoms with Gasteiger partial charge in [-0.25, -0.2) is 9.45 Å². The number of amides is 3. The number of halogens is 1. The highest BCUT2D eigenvalue weighted by Gasteiger charge is 2.38. The van der Waals surface area contributed by atoms with Gasteiger partial charge < -0.3 is 10.2 Å². The van der Waals surface area contributed by atoms with Crippen LogP contribution in [0.5, 0.6) is 0 Å². The maximum absolute atomic E-state index is 13.1. The van der Waals surface area contributed by atoms with Crippen LogP contribution in [0.1, 0.15) is 32.6 Å². The number of carbonyl (C=O) groups is 3. The van der Waals surface area contributed by atoms with Crippen LogP contribution >= 0.6 is 0 Å². The maximum Gasteiger partial charge on any atom is 0.247 e. The quantitative estimate of drug-likeness (QED) is 0.293. The summed E-state index contributed by atoms with van der Waals surface area (Å²) in [7, 11) is 0. The number of nitrogens with zero attached hydrogens (tertiary/aromatic N) is 2. The minimum Gasteiger partial charge on any atom is -0.326 e. The van der Waals surface area contributed by atoms with Gasteiger partial charge >= 0.3 is 0 Å². The smallest absolute Gasteiger partial charge is 0.247 e. The standard InChI is InChI=1S/C20H26FN3O4/c1-3-4-5-15(12-23(28)13-25)20(27)24-11-14(2)10-18(24)19(26)22-17-8-6-16(21)7-9-17/h6-9,13,15,18,28H,2-5,10-12H2,1H3,(H,22,26)/t15-,18+/m1/s1. The van der Waals surface area contributed by atoms with E-state index in [1.165, 1.54) is 29.2 Å². The van der Waals surface area contributed by atoms with Gasteiger partial charge in [0.05, 0.1) is 12.5 Å². The summed E-state index contributed by atoms with van der Waals surface area (Å²) < 4.78 is 13.0. The van der Waals surface area contributed by atoms with E-state index in [1.54, 1.807) is 0 Å². The normalized spacial score (nSPS) is 17.3. The number of hydroxylamine groups is 2. The molecule has 8 heteroatoms. The summed E-state index contributed by atoms with van der Waals surface area (Å²) >= 11 is 0. The Morgan fingerprint density at radius 3 is 2.71 bits per heavy atom. The summed E-state index contributed by atoms with van der Waals surface area (Å²) in [5, 5.41) is 12.7. The van der Waals surface area contributed by atoms with Crippen molar-refractivity contribution in [1.29, 1.82) is 0 Å². The fourth-order valence-electron chi connectivity index (χ4n) is 3.27. The molecule has 28 heavy (non-hydrogen) atoms. The van der Waals surface area contributed by atoms with Crippen LogP contribution in [-0.4, -0.2) is 52.5 Å². The second-order valence-corrected chi connectivity index (χ2v) is 7.00. The van der Waals surface area contributed by atoms with E-state index >= 15 is 0 Å².